The third kappa shape index (κ3) is 4.19. The maximum atomic E-state index is 12.6. The fourth-order valence-corrected chi connectivity index (χ4v) is 3.62. The highest BCUT2D eigenvalue weighted by atomic mass is 16.2. The van der Waals surface area contributed by atoms with Gasteiger partial charge in [-0.1, -0.05) is 12.8 Å². The van der Waals surface area contributed by atoms with E-state index in [1.807, 2.05) is 20.8 Å². The summed E-state index contributed by atoms with van der Waals surface area (Å²) < 4.78 is 0. The normalized spacial score (nSPS) is 28.3. The molecule has 0 aromatic rings. The Labute approximate surface area is 127 Å². The molecule has 0 bridgehead atoms. The first kappa shape index (κ1) is 16.3. The van der Waals surface area contributed by atoms with Crippen molar-refractivity contribution in [3.63, 3.8) is 0 Å². The Morgan fingerprint density at radius 1 is 1.29 bits per heavy atom. The van der Waals surface area contributed by atoms with Crippen LogP contribution in [0.25, 0.3) is 0 Å². The van der Waals surface area contributed by atoms with Crippen molar-refractivity contribution < 1.29 is 9.59 Å². The third-order valence-electron chi connectivity index (χ3n) is 4.64. The Bertz CT molecular complexity index is 370. The lowest BCUT2D eigenvalue weighted by Gasteiger charge is -2.25. The molecule has 3 atom stereocenters. The van der Waals surface area contributed by atoms with Gasteiger partial charge in [0, 0.05) is 18.6 Å². The average Bonchev–Trinajstić information content (AvgIpc) is 2.87. The quantitative estimate of drug-likeness (QED) is 0.803. The largest absolute Gasteiger partial charge is 0.352 e. The molecule has 120 valence electrons. The number of likely N-dealkylation sites (N-methyl/N-ethyl adjacent to an activating group) is 1. The monoisotopic (exact) mass is 295 g/mol. The molecule has 3 unspecified atom stereocenters. The molecular formula is C16H29N3O2. The van der Waals surface area contributed by atoms with Gasteiger partial charge in [0.25, 0.3) is 0 Å². The van der Waals surface area contributed by atoms with E-state index in [0.29, 0.717) is 18.5 Å². The second-order valence-corrected chi connectivity index (χ2v) is 6.68. The number of carbonyl (C=O) groups is 2. The summed E-state index contributed by atoms with van der Waals surface area (Å²) in [6, 6.07) is 0.527. The second kappa shape index (κ2) is 7.25. The molecule has 2 amide bonds. The van der Waals surface area contributed by atoms with E-state index in [4.69, 9.17) is 0 Å². The Balaban J connectivity index is 1.89. The van der Waals surface area contributed by atoms with Crippen LogP contribution in [0, 0.1) is 5.92 Å². The zero-order valence-electron chi connectivity index (χ0n) is 13.5. The number of nitrogens with one attached hydrogen (secondary N) is 2. The van der Waals surface area contributed by atoms with Gasteiger partial charge in [0.1, 0.15) is 0 Å². The van der Waals surface area contributed by atoms with E-state index in [2.05, 4.69) is 10.6 Å². The fraction of sp³-hybridized carbons (Fsp3) is 0.875. The van der Waals surface area contributed by atoms with Crippen molar-refractivity contribution >= 4 is 11.8 Å². The highest BCUT2D eigenvalue weighted by Crippen LogP contribution is 2.33. The predicted molar refractivity (Wildman–Crippen MR) is 82.8 cm³/mol. The lowest BCUT2D eigenvalue weighted by molar-refractivity contribution is -0.137. The maximum absolute atomic E-state index is 12.6. The Morgan fingerprint density at radius 2 is 2.00 bits per heavy atom. The molecule has 2 rings (SSSR count). The summed E-state index contributed by atoms with van der Waals surface area (Å²) in [4.78, 5) is 26.2. The van der Waals surface area contributed by atoms with Crippen LogP contribution in [0.4, 0.5) is 0 Å². The molecule has 0 spiro atoms. The topological polar surface area (TPSA) is 61.4 Å². The molecule has 21 heavy (non-hydrogen) atoms. The number of carbonyl (C=O) groups excluding carboxylic acids is 2. The average molecular weight is 295 g/mol. The number of amides is 2. The molecule has 2 fully saturated rings. The molecule has 1 saturated heterocycles. The predicted octanol–water partition coefficient (Wildman–Crippen LogP) is 1.28. The minimum atomic E-state index is -0.0927. The first-order chi connectivity index (χ1) is 10.0. The molecule has 2 aliphatic rings. The van der Waals surface area contributed by atoms with Gasteiger partial charge in [-0.2, -0.15) is 0 Å². The van der Waals surface area contributed by atoms with E-state index in [9.17, 15) is 9.59 Å². The van der Waals surface area contributed by atoms with Crippen LogP contribution < -0.4 is 10.6 Å². The van der Waals surface area contributed by atoms with Gasteiger partial charge in [0.15, 0.2) is 0 Å². The minimum absolute atomic E-state index is 0.0735. The van der Waals surface area contributed by atoms with E-state index < -0.39 is 0 Å². The van der Waals surface area contributed by atoms with E-state index in [0.717, 1.165) is 6.42 Å². The Morgan fingerprint density at radius 3 is 2.62 bits per heavy atom. The number of fused-ring (bicyclic) bond motifs is 1. The van der Waals surface area contributed by atoms with E-state index >= 15 is 0 Å². The summed E-state index contributed by atoms with van der Waals surface area (Å²) in [7, 11) is 0. The van der Waals surface area contributed by atoms with Crippen LogP contribution in [-0.2, 0) is 9.59 Å². The summed E-state index contributed by atoms with van der Waals surface area (Å²) in [5.74, 6) is 0.664. The van der Waals surface area contributed by atoms with Crippen LogP contribution in [0.15, 0.2) is 0 Å². The van der Waals surface area contributed by atoms with Crippen LogP contribution >= 0.6 is 0 Å². The van der Waals surface area contributed by atoms with Gasteiger partial charge in [-0.05, 0) is 46.0 Å². The number of hydrogen-bond donors (Lipinski definition) is 2. The maximum Gasteiger partial charge on any atom is 0.240 e. The number of hydrogen-bond acceptors (Lipinski definition) is 3. The molecule has 1 aliphatic heterocycles. The molecular weight excluding hydrogens is 266 g/mol. The molecule has 0 aromatic heterocycles. The SMILES string of the molecule is CCN(CC(=O)NC(C)C)C(=O)C1CC2CCCCC2N1. The molecule has 1 heterocycles. The lowest BCUT2D eigenvalue weighted by atomic mass is 9.85. The van der Waals surface area contributed by atoms with Gasteiger partial charge < -0.3 is 15.5 Å². The van der Waals surface area contributed by atoms with Gasteiger partial charge >= 0.3 is 0 Å². The minimum Gasteiger partial charge on any atom is -0.352 e. The summed E-state index contributed by atoms with van der Waals surface area (Å²) in [6.45, 7) is 6.54. The smallest absolute Gasteiger partial charge is 0.240 e. The van der Waals surface area contributed by atoms with E-state index in [1.165, 1.54) is 25.7 Å². The highest BCUT2D eigenvalue weighted by Gasteiger charge is 2.39. The van der Waals surface area contributed by atoms with Gasteiger partial charge in [0.2, 0.25) is 11.8 Å². The van der Waals surface area contributed by atoms with Crippen molar-refractivity contribution in [2.75, 3.05) is 13.1 Å². The van der Waals surface area contributed by atoms with Gasteiger partial charge in [-0.15, -0.1) is 0 Å². The first-order valence-corrected chi connectivity index (χ1v) is 8.35. The van der Waals surface area contributed by atoms with Crippen molar-refractivity contribution in [3.05, 3.63) is 0 Å². The summed E-state index contributed by atoms with van der Waals surface area (Å²) in [6.07, 6.45) is 5.92. The fourth-order valence-electron chi connectivity index (χ4n) is 3.62. The van der Waals surface area contributed by atoms with E-state index in [1.54, 1.807) is 4.90 Å². The molecule has 0 radical (unpaired) electrons. The van der Waals surface area contributed by atoms with Gasteiger partial charge in [0.05, 0.1) is 12.6 Å². The summed E-state index contributed by atoms with van der Waals surface area (Å²) in [5.41, 5.74) is 0. The van der Waals surface area contributed by atoms with Crippen LogP contribution in [0.1, 0.15) is 52.9 Å². The number of rotatable bonds is 5. The molecule has 0 aromatic carbocycles. The summed E-state index contributed by atoms with van der Waals surface area (Å²) in [5, 5.41) is 6.35. The summed E-state index contributed by atoms with van der Waals surface area (Å²) >= 11 is 0. The lowest BCUT2D eigenvalue weighted by Crippen LogP contribution is -2.49. The third-order valence-corrected chi connectivity index (χ3v) is 4.64. The van der Waals surface area contributed by atoms with Crippen molar-refractivity contribution in [2.24, 2.45) is 5.92 Å². The highest BCUT2D eigenvalue weighted by molar-refractivity contribution is 5.87. The van der Waals surface area contributed by atoms with E-state index in [-0.39, 0.29) is 30.4 Å². The van der Waals surface area contributed by atoms with Crippen LogP contribution in [0.3, 0.4) is 0 Å². The van der Waals surface area contributed by atoms with Crippen molar-refractivity contribution in [3.8, 4) is 0 Å². The van der Waals surface area contributed by atoms with Crippen molar-refractivity contribution in [1.29, 1.82) is 0 Å². The Hall–Kier alpha value is -1.10. The first-order valence-electron chi connectivity index (χ1n) is 8.35. The Kier molecular flexibility index (Phi) is 5.62. The molecule has 5 heteroatoms. The molecule has 2 N–H and O–H groups in total. The standard InChI is InChI=1S/C16H29N3O2/c1-4-19(10-15(20)17-11(2)3)16(21)14-9-12-7-5-6-8-13(12)18-14/h11-14,18H,4-10H2,1-3H3,(H,17,20). The zero-order valence-corrected chi connectivity index (χ0v) is 13.5. The number of nitrogens with zero attached hydrogens (tertiary/aromatic N) is 1. The van der Waals surface area contributed by atoms with Gasteiger partial charge in [-0.25, -0.2) is 0 Å². The molecule has 5 nitrogen and oxygen atoms in total. The van der Waals surface area contributed by atoms with Crippen molar-refractivity contribution in [2.45, 2.75) is 71.0 Å². The van der Waals surface area contributed by atoms with Crippen molar-refractivity contribution in [1.82, 2.24) is 15.5 Å². The molecule has 1 aliphatic carbocycles. The van der Waals surface area contributed by atoms with Gasteiger partial charge in [-0.3, -0.25) is 9.59 Å². The van der Waals surface area contributed by atoms with Crippen LogP contribution in [0.5, 0.6) is 0 Å². The molecule has 1 saturated carbocycles. The second-order valence-electron chi connectivity index (χ2n) is 6.68. The van der Waals surface area contributed by atoms with Crippen LogP contribution in [0.2, 0.25) is 0 Å². The zero-order chi connectivity index (χ0) is 15.4. The van der Waals surface area contributed by atoms with Crippen LogP contribution in [-0.4, -0.2) is 47.9 Å².